The van der Waals surface area contributed by atoms with Gasteiger partial charge in [-0.1, -0.05) is 37.0 Å². The maximum absolute atomic E-state index is 12.4. The van der Waals surface area contributed by atoms with Crippen LogP contribution in [0.25, 0.3) is 11.0 Å². The molecule has 0 radical (unpaired) electrons. The second-order valence-corrected chi connectivity index (χ2v) is 7.87. The van der Waals surface area contributed by atoms with Gasteiger partial charge >= 0.3 is 0 Å². The van der Waals surface area contributed by atoms with E-state index < -0.39 is 0 Å². The standard InChI is InChI=1S/C20H22Cl2N4O/c1-11(2)16-10-14(23-19-12(3)25-26(4)20(16)19)5-6-15(27)7-13-8-17(21)24-18(22)9-13/h8-11H,5-7H2,1-4H3. The fraction of sp³-hybridized carbons (Fsp3) is 0.400. The van der Waals surface area contributed by atoms with Crippen LogP contribution in [0.2, 0.25) is 10.3 Å². The van der Waals surface area contributed by atoms with Gasteiger partial charge < -0.3 is 0 Å². The number of halogens is 2. The Balaban J connectivity index is 1.78. The van der Waals surface area contributed by atoms with Crippen LogP contribution in [0.4, 0.5) is 0 Å². The summed E-state index contributed by atoms with van der Waals surface area (Å²) in [7, 11) is 1.94. The van der Waals surface area contributed by atoms with Gasteiger partial charge in [0.1, 0.15) is 21.6 Å². The molecule has 0 spiro atoms. The molecule has 7 heteroatoms. The lowest BCUT2D eigenvalue weighted by Gasteiger charge is -2.11. The summed E-state index contributed by atoms with van der Waals surface area (Å²) in [6.07, 6.45) is 1.29. The van der Waals surface area contributed by atoms with Crippen molar-refractivity contribution in [2.45, 2.75) is 46.0 Å². The number of aromatic nitrogens is 4. The molecule has 3 heterocycles. The van der Waals surface area contributed by atoms with Gasteiger partial charge in [0, 0.05) is 25.6 Å². The van der Waals surface area contributed by atoms with Crippen molar-refractivity contribution in [2.24, 2.45) is 7.05 Å². The smallest absolute Gasteiger partial charge is 0.137 e. The molecular formula is C20H22Cl2N4O. The maximum Gasteiger partial charge on any atom is 0.137 e. The van der Waals surface area contributed by atoms with Crippen LogP contribution in [-0.4, -0.2) is 25.5 Å². The minimum absolute atomic E-state index is 0.115. The molecule has 142 valence electrons. The van der Waals surface area contributed by atoms with Gasteiger partial charge in [-0.2, -0.15) is 5.10 Å². The van der Waals surface area contributed by atoms with Crippen molar-refractivity contribution in [2.75, 3.05) is 0 Å². The predicted molar refractivity (Wildman–Crippen MR) is 109 cm³/mol. The molecule has 5 nitrogen and oxygen atoms in total. The Labute approximate surface area is 168 Å². The van der Waals surface area contributed by atoms with Gasteiger partial charge in [-0.3, -0.25) is 9.48 Å². The first-order valence-electron chi connectivity index (χ1n) is 8.91. The lowest BCUT2D eigenvalue weighted by atomic mass is 9.99. The molecule has 0 saturated heterocycles. The number of hydrogen-bond donors (Lipinski definition) is 0. The van der Waals surface area contributed by atoms with Crippen LogP contribution >= 0.6 is 23.2 Å². The molecule has 0 aliphatic rings. The van der Waals surface area contributed by atoms with E-state index in [0.29, 0.717) is 29.1 Å². The van der Waals surface area contributed by atoms with Crippen LogP contribution in [0.5, 0.6) is 0 Å². The van der Waals surface area contributed by atoms with Gasteiger partial charge in [0.15, 0.2) is 0 Å². The molecule has 0 fully saturated rings. The minimum Gasteiger partial charge on any atom is -0.299 e. The van der Waals surface area contributed by atoms with E-state index in [4.69, 9.17) is 28.2 Å². The highest BCUT2D eigenvalue weighted by molar-refractivity contribution is 6.32. The zero-order valence-corrected chi connectivity index (χ0v) is 17.4. The Bertz CT molecular complexity index is 991. The summed E-state index contributed by atoms with van der Waals surface area (Å²) >= 11 is 11.8. The van der Waals surface area contributed by atoms with Gasteiger partial charge in [0.05, 0.1) is 11.2 Å². The van der Waals surface area contributed by atoms with Gasteiger partial charge in [-0.15, -0.1) is 0 Å². The fourth-order valence-corrected chi connectivity index (χ4v) is 3.80. The third-order valence-corrected chi connectivity index (χ3v) is 4.93. The van der Waals surface area contributed by atoms with E-state index in [2.05, 4.69) is 30.0 Å². The Hall–Kier alpha value is -1.98. The zero-order valence-electron chi connectivity index (χ0n) is 15.9. The lowest BCUT2D eigenvalue weighted by Crippen LogP contribution is -2.07. The third kappa shape index (κ3) is 4.47. The predicted octanol–water partition coefficient (Wildman–Crippen LogP) is 4.85. The number of pyridine rings is 2. The molecule has 0 amide bonds. The van der Waals surface area contributed by atoms with Gasteiger partial charge in [0.2, 0.25) is 0 Å². The average molecular weight is 405 g/mol. The molecule has 3 aromatic rings. The average Bonchev–Trinajstić information content (AvgIpc) is 2.85. The highest BCUT2D eigenvalue weighted by Gasteiger charge is 2.16. The minimum atomic E-state index is 0.115. The number of aryl methyl sites for hydroxylation is 3. The molecule has 0 aliphatic heterocycles. The summed E-state index contributed by atoms with van der Waals surface area (Å²) in [6, 6.07) is 5.44. The number of nitrogens with zero attached hydrogens (tertiary/aromatic N) is 4. The number of fused-ring (bicyclic) bond motifs is 1. The topological polar surface area (TPSA) is 60.7 Å². The van der Waals surface area contributed by atoms with Gasteiger partial charge in [-0.05, 0) is 48.6 Å². The molecule has 3 aromatic heterocycles. The molecule has 3 rings (SSSR count). The molecule has 0 N–H and O–H groups in total. The molecule has 0 bridgehead atoms. The van der Waals surface area contributed by atoms with Crippen molar-refractivity contribution >= 4 is 40.0 Å². The van der Waals surface area contributed by atoms with Crippen molar-refractivity contribution in [1.29, 1.82) is 0 Å². The number of carbonyl (C=O) groups is 1. The Kier molecular flexibility index (Phi) is 5.82. The van der Waals surface area contributed by atoms with E-state index in [0.717, 1.165) is 28.0 Å². The normalized spacial score (nSPS) is 11.5. The summed E-state index contributed by atoms with van der Waals surface area (Å²) in [4.78, 5) is 21.1. The molecule has 0 saturated carbocycles. The summed E-state index contributed by atoms with van der Waals surface area (Å²) in [6.45, 7) is 6.28. The Morgan fingerprint density at radius 1 is 1.15 bits per heavy atom. The first-order chi connectivity index (χ1) is 12.7. The van der Waals surface area contributed by atoms with Crippen LogP contribution in [-0.2, 0) is 24.7 Å². The van der Waals surface area contributed by atoms with E-state index in [-0.39, 0.29) is 12.2 Å². The Morgan fingerprint density at radius 2 is 1.81 bits per heavy atom. The van der Waals surface area contributed by atoms with Gasteiger partial charge in [0.25, 0.3) is 0 Å². The quantitative estimate of drug-likeness (QED) is 0.551. The fourth-order valence-electron chi connectivity index (χ4n) is 3.30. The molecule has 0 atom stereocenters. The molecule has 27 heavy (non-hydrogen) atoms. The molecule has 0 unspecified atom stereocenters. The SMILES string of the molecule is Cc1nn(C)c2c(C(C)C)cc(CCC(=O)Cc3cc(Cl)nc(Cl)c3)nc12. The number of ketones is 1. The van der Waals surface area contributed by atoms with Crippen LogP contribution < -0.4 is 0 Å². The Morgan fingerprint density at radius 3 is 2.44 bits per heavy atom. The first-order valence-corrected chi connectivity index (χ1v) is 9.67. The molecule has 0 aromatic carbocycles. The highest BCUT2D eigenvalue weighted by atomic mass is 35.5. The summed E-state index contributed by atoms with van der Waals surface area (Å²) in [5.41, 5.74) is 5.79. The van der Waals surface area contributed by atoms with Crippen molar-refractivity contribution in [3.63, 3.8) is 0 Å². The van der Waals surface area contributed by atoms with Crippen molar-refractivity contribution < 1.29 is 4.79 Å². The number of carbonyl (C=O) groups excluding carboxylic acids is 1. The summed E-state index contributed by atoms with van der Waals surface area (Å²) < 4.78 is 1.89. The van der Waals surface area contributed by atoms with Crippen molar-refractivity contribution in [3.05, 3.63) is 51.0 Å². The number of hydrogen-bond acceptors (Lipinski definition) is 4. The maximum atomic E-state index is 12.4. The van der Waals surface area contributed by atoms with E-state index in [1.54, 1.807) is 12.1 Å². The lowest BCUT2D eigenvalue weighted by molar-refractivity contribution is -0.118. The summed E-state index contributed by atoms with van der Waals surface area (Å²) in [5, 5.41) is 5.09. The number of Topliss-reactive ketones (excluding diaryl/α,β-unsaturated/α-hetero) is 1. The van der Waals surface area contributed by atoms with Crippen LogP contribution in [0, 0.1) is 6.92 Å². The monoisotopic (exact) mass is 404 g/mol. The second kappa shape index (κ2) is 7.95. The van der Waals surface area contributed by atoms with E-state index in [1.165, 1.54) is 5.56 Å². The van der Waals surface area contributed by atoms with E-state index >= 15 is 0 Å². The van der Waals surface area contributed by atoms with Gasteiger partial charge in [-0.25, -0.2) is 9.97 Å². The van der Waals surface area contributed by atoms with Crippen LogP contribution in [0.3, 0.4) is 0 Å². The van der Waals surface area contributed by atoms with Crippen LogP contribution in [0.15, 0.2) is 18.2 Å². The van der Waals surface area contributed by atoms with Crippen LogP contribution in [0.1, 0.15) is 48.7 Å². The van der Waals surface area contributed by atoms with Crippen molar-refractivity contribution in [3.8, 4) is 0 Å². The molecule has 0 aliphatic carbocycles. The zero-order chi connectivity index (χ0) is 19.7. The number of rotatable bonds is 6. The first kappa shape index (κ1) is 19.8. The second-order valence-electron chi connectivity index (χ2n) is 7.10. The molecular weight excluding hydrogens is 383 g/mol. The van der Waals surface area contributed by atoms with E-state index in [1.807, 2.05) is 18.7 Å². The van der Waals surface area contributed by atoms with Crippen molar-refractivity contribution in [1.82, 2.24) is 19.7 Å². The largest absolute Gasteiger partial charge is 0.299 e. The van der Waals surface area contributed by atoms with E-state index in [9.17, 15) is 4.79 Å². The highest BCUT2D eigenvalue weighted by Crippen LogP contribution is 2.27. The summed E-state index contributed by atoms with van der Waals surface area (Å²) in [5.74, 6) is 0.463. The third-order valence-electron chi connectivity index (χ3n) is 4.55.